The summed E-state index contributed by atoms with van der Waals surface area (Å²) in [7, 11) is 9.63. The van der Waals surface area contributed by atoms with Crippen LogP contribution in [0.15, 0.2) is 0 Å². The van der Waals surface area contributed by atoms with E-state index in [0.29, 0.717) is 0 Å². The van der Waals surface area contributed by atoms with E-state index in [1.165, 1.54) is 0 Å². The van der Waals surface area contributed by atoms with Crippen LogP contribution in [0.1, 0.15) is 0 Å². The molecule has 0 aromatic heterocycles. The third-order valence-electron chi connectivity index (χ3n) is 0. The van der Waals surface area contributed by atoms with Crippen molar-refractivity contribution in [3.8, 4) is 0 Å². The van der Waals surface area contributed by atoms with Crippen molar-refractivity contribution in [1.29, 1.82) is 0 Å². The molecule has 8 heteroatoms. The molecular formula is Cl2LiNO3Pd. The van der Waals surface area contributed by atoms with Gasteiger partial charge >= 0.3 is 53.9 Å². The van der Waals surface area contributed by atoms with Crippen molar-refractivity contribution in [3.05, 3.63) is 15.3 Å². The van der Waals surface area contributed by atoms with E-state index < -0.39 is 5.09 Å². The first kappa shape index (κ1) is 16.0. The fraction of sp³-hybridized carbons (Fsp3) is 0. The molecule has 0 rings (SSSR count). The van der Waals surface area contributed by atoms with E-state index in [1.807, 2.05) is 0 Å². The minimum Gasteiger partial charge on any atom is 1.00 e. The molecule has 0 aromatic carbocycles. The van der Waals surface area contributed by atoms with Gasteiger partial charge in [-0.05, 0) is 0 Å². The molecule has 0 aromatic rings. The van der Waals surface area contributed by atoms with Crippen LogP contribution >= 0.6 is 19.1 Å². The topological polar surface area (TPSA) is 66.2 Å². The molecule has 0 N–H and O–H groups in total. The Balaban J connectivity index is -0.0000000575. The number of halogens is 2. The van der Waals surface area contributed by atoms with Gasteiger partial charge in [-0.3, -0.25) is 0 Å². The van der Waals surface area contributed by atoms with Gasteiger partial charge in [-0.2, -0.15) is 0 Å². The molecule has 8 heavy (non-hydrogen) atoms. The number of rotatable bonds is 0. The van der Waals surface area contributed by atoms with Crippen molar-refractivity contribution in [2.45, 2.75) is 0 Å². The molecule has 0 saturated carbocycles. The molecule has 0 saturated heterocycles. The minimum absolute atomic E-state index is 0. The van der Waals surface area contributed by atoms with Gasteiger partial charge in [0.05, 0.1) is 5.09 Å². The van der Waals surface area contributed by atoms with Gasteiger partial charge in [0.15, 0.2) is 0 Å². The Labute approximate surface area is 73.9 Å². The number of nitrogens with zero attached hydrogens (tertiary/aromatic N) is 1. The third-order valence-corrected chi connectivity index (χ3v) is 0. The van der Waals surface area contributed by atoms with E-state index in [1.54, 1.807) is 0 Å². The fourth-order valence-corrected chi connectivity index (χ4v) is 0. The van der Waals surface area contributed by atoms with Gasteiger partial charge in [-0.25, -0.2) is 0 Å². The van der Waals surface area contributed by atoms with Crippen LogP contribution in [0.3, 0.4) is 0 Å². The van der Waals surface area contributed by atoms with Crippen molar-refractivity contribution >= 4 is 19.1 Å². The standard InChI is InChI=1S/2ClH.Li.NO3.Pd/c;;;2-1(3)4;/h2*1H;;;/q;;+1;-1;+2/p-2. The zero-order valence-corrected chi connectivity index (χ0v) is 6.81. The summed E-state index contributed by atoms with van der Waals surface area (Å²) in [5.74, 6) is 0. The molecule has 0 spiro atoms. The molecule has 0 unspecified atom stereocenters. The number of hydrogen-bond acceptors (Lipinski definition) is 3. The molecule has 48 valence electrons. The van der Waals surface area contributed by atoms with E-state index in [4.69, 9.17) is 34.4 Å². The van der Waals surface area contributed by atoms with Crippen LogP contribution in [-0.2, 0) is 15.9 Å². The Morgan fingerprint density at radius 3 is 1.38 bits per heavy atom. The van der Waals surface area contributed by atoms with Crippen molar-refractivity contribution in [1.82, 2.24) is 0 Å². The molecule has 0 aliphatic carbocycles. The zero-order chi connectivity index (χ0) is 6.28. The molecule has 0 bridgehead atoms. The normalized spacial score (nSPS) is 5.75. The van der Waals surface area contributed by atoms with Gasteiger partial charge in [0.1, 0.15) is 0 Å². The molecule has 0 radical (unpaired) electrons. The molecular weight excluding hydrogens is 246 g/mol. The maximum Gasteiger partial charge on any atom is 1.00 e. The van der Waals surface area contributed by atoms with E-state index in [0.717, 1.165) is 0 Å². The summed E-state index contributed by atoms with van der Waals surface area (Å²) in [6.07, 6.45) is 0. The van der Waals surface area contributed by atoms with E-state index in [9.17, 15) is 0 Å². The molecule has 0 atom stereocenters. The second-order valence-electron chi connectivity index (χ2n) is 0.269. The zero-order valence-electron chi connectivity index (χ0n) is 3.74. The van der Waals surface area contributed by atoms with Crippen LogP contribution in [0.25, 0.3) is 0 Å². The minimum atomic E-state index is -1.75. The SMILES string of the molecule is O=[N+]([O-])[O-].[Cl][Pd][Cl].[Li+]. The Morgan fingerprint density at radius 2 is 1.38 bits per heavy atom. The van der Waals surface area contributed by atoms with E-state index in [-0.39, 0.29) is 34.8 Å². The summed E-state index contributed by atoms with van der Waals surface area (Å²) < 4.78 is 0. The second kappa shape index (κ2) is 15.7. The average Bonchev–Trinajstić information content (AvgIpc) is 1.33. The van der Waals surface area contributed by atoms with Crippen LogP contribution in [0.5, 0.6) is 0 Å². The molecule has 0 heterocycles. The maximum absolute atomic E-state index is 8.25. The van der Waals surface area contributed by atoms with Gasteiger partial charge < -0.3 is 15.3 Å². The summed E-state index contributed by atoms with van der Waals surface area (Å²) in [6, 6.07) is 0. The van der Waals surface area contributed by atoms with Crippen molar-refractivity contribution in [2.24, 2.45) is 0 Å². The average molecular weight is 246 g/mol. The van der Waals surface area contributed by atoms with Crippen molar-refractivity contribution < 1.29 is 39.9 Å². The predicted molar refractivity (Wildman–Crippen MR) is 22.1 cm³/mol. The quantitative estimate of drug-likeness (QED) is 0.286. The van der Waals surface area contributed by atoms with E-state index in [2.05, 4.69) is 0 Å². The Bertz CT molecular complexity index is 48.5. The van der Waals surface area contributed by atoms with Crippen molar-refractivity contribution in [2.75, 3.05) is 0 Å². The maximum atomic E-state index is 8.25. The molecule has 0 amide bonds. The second-order valence-corrected chi connectivity index (χ2v) is 2.63. The summed E-state index contributed by atoms with van der Waals surface area (Å²) >= 11 is -0.106. The monoisotopic (exact) mass is 245 g/mol. The third kappa shape index (κ3) is 238. The Morgan fingerprint density at radius 1 is 1.38 bits per heavy atom. The number of hydrogen-bond donors (Lipinski definition) is 0. The predicted octanol–water partition coefficient (Wildman–Crippen LogP) is -1.86. The molecule has 4 nitrogen and oxygen atoms in total. The largest absolute Gasteiger partial charge is 1.00 e. The summed E-state index contributed by atoms with van der Waals surface area (Å²) in [4.78, 5) is 8.25. The first-order valence-electron chi connectivity index (χ1n) is 0.787. The smallest absolute Gasteiger partial charge is 1.00 e. The summed E-state index contributed by atoms with van der Waals surface area (Å²) in [5.41, 5.74) is 0. The van der Waals surface area contributed by atoms with Gasteiger partial charge in [-0.1, -0.05) is 0 Å². The Kier molecular flexibility index (Phi) is 31.4. The van der Waals surface area contributed by atoms with Crippen LogP contribution in [0.4, 0.5) is 0 Å². The summed E-state index contributed by atoms with van der Waals surface area (Å²) in [6.45, 7) is 0. The fourth-order valence-electron chi connectivity index (χ4n) is 0. The molecule has 0 fully saturated rings. The van der Waals surface area contributed by atoms with Gasteiger partial charge in [0, 0.05) is 0 Å². The van der Waals surface area contributed by atoms with Crippen LogP contribution in [0, 0.1) is 15.3 Å². The van der Waals surface area contributed by atoms with Crippen molar-refractivity contribution in [3.63, 3.8) is 0 Å². The van der Waals surface area contributed by atoms with Gasteiger partial charge in [-0.15, -0.1) is 0 Å². The van der Waals surface area contributed by atoms with Crippen LogP contribution < -0.4 is 18.9 Å². The van der Waals surface area contributed by atoms with Crippen LogP contribution in [-0.4, -0.2) is 5.09 Å². The molecule has 0 aliphatic rings. The van der Waals surface area contributed by atoms with Gasteiger partial charge in [0.2, 0.25) is 0 Å². The first-order valence-corrected chi connectivity index (χ1v) is 4.79. The van der Waals surface area contributed by atoms with Crippen LogP contribution in [0.2, 0.25) is 0 Å². The first-order chi connectivity index (χ1) is 3.15. The van der Waals surface area contributed by atoms with Gasteiger partial charge in [0.25, 0.3) is 0 Å². The molecule has 0 aliphatic heterocycles. The summed E-state index contributed by atoms with van der Waals surface area (Å²) in [5, 5.41) is 14.8. The van der Waals surface area contributed by atoms with E-state index >= 15 is 0 Å². The Hall–Kier alpha value is 1.04.